The van der Waals surface area contributed by atoms with E-state index in [1.165, 1.54) is 11.1 Å². The smallest absolute Gasteiger partial charge is 0.331 e. The van der Waals surface area contributed by atoms with E-state index in [-0.39, 0.29) is 5.97 Å². The zero-order chi connectivity index (χ0) is 9.78. The van der Waals surface area contributed by atoms with Crippen LogP contribution >= 0.6 is 0 Å². The van der Waals surface area contributed by atoms with Crippen molar-refractivity contribution in [1.29, 1.82) is 0 Å². The summed E-state index contributed by atoms with van der Waals surface area (Å²) >= 11 is 0. The largest absolute Gasteiger partial charge is 0.464 e. The fourth-order valence-corrected chi connectivity index (χ4v) is 0.649. The van der Waals surface area contributed by atoms with E-state index in [0.717, 1.165) is 0 Å². The van der Waals surface area contributed by atoms with Gasteiger partial charge in [0, 0.05) is 7.05 Å². The number of hydrazine groups is 1. The van der Waals surface area contributed by atoms with Crippen LogP contribution in [0.15, 0.2) is 12.7 Å². The number of carbonyl (C=O) groups is 1. The molecule has 0 amide bonds. The van der Waals surface area contributed by atoms with Crippen LogP contribution in [0.2, 0.25) is 0 Å². The maximum Gasteiger partial charge on any atom is 0.331 e. The maximum atomic E-state index is 11.3. The molecule has 0 heterocycles. The minimum Gasteiger partial charge on any atom is -0.464 e. The van der Waals surface area contributed by atoms with Gasteiger partial charge in [-0.05, 0) is 13.8 Å². The van der Waals surface area contributed by atoms with Crippen LogP contribution in [0.4, 0.5) is 0 Å². The molecular weight excluding hydrogens is 156 g/mol. The maximum absolute atomic E-state index is 11.3. The molecule has 1 atom stereocenters. The number of nitrogens with two attached hydrogens (primary N) is 1. The third-order valence-corrected chi connectivity index (χ3v) is 1.82. The number of nitrogens with zero attached hydrogens (tertiary/aromatic N) is 1. The first kappa shape index (κ1) is 11.1. The van der Waals surface area contributed by atoms with Gasteiger partial charge in [-0.1, -0.05) is 6.08 Å². The first-order valence-electron chi connectivity index (χ1n) is 3.78. The summed E-state index contributed by atoms with van der Waals surface area (Å²) in [7, 11) is 1.60. The number of hydrogen-bond donors (Lipinski definition) is 1. The molecule has 0 fully saturated rings. The molecule has 0 bridgehead atoms. The number of carbonyl (C=O) groups excluding carboxylic acids is 1. The van der Waals surface area contributed by atoms with Crippen molar-refractivity contribution in [2.45, 2.75) is 19.4 Å². The van der Waals surface area contributed by atoms with E-state index < -0.39 is 5.54 Å². The molecule has 12 heavy (non-hydrogen) atoms. The lowest BCUT2D eigenvalue weighted by Crippen LogP contribution is -2.53. The SMILES string of the molecule is C=CC(C)(C(=O)OCC)N(C)N. The Morgan fingerprint density at radius 1 is 1.83 bits per heavy atom. The standard InChI is InChI=1S/C8H16N2O2/c1-5-8(3,10(4)9)7(11)12-6-2/h5H,1,6,9H2,2-4H3. The number of likely N-dealkylation sites (N-methyl/N-ethyl adjacent to an activating group) is 1. The Hall–Kier alpha value is -0.870. The molecule has 0 spiro atoms. The molecule has 0 rings (SSSR count). The summed E-state index contributed by atoms with van der Waals surface area (Å²) in [5.41, 5.74) is -0.935. The molecule has 0 saturated heterocycles. The Balaban J connectivity index is 4.51. The second-order valence-electron chi connectivity index (χ2n) is 2.68. The van der Waals surface area contributed by atoms with Crippen LogP contribution in [0.25, 0.3) is 0 Å². The first-order valence-corrected chi connectivity index (χ1v) is 3.78. The Bertz CT molecular complexity index is 180. The average Bonchev–Trinajstić information content (AvgIpc) is 2.03. The summed E-state index contributed by atoms with van der Waals surface area (Å²) in [6, 6.07) is 0. The summed E-state index contributed by atoms with van der Waals surface area (Å²) in [5, 5.41) is 1.28. The molecule has 2 N–H and O–H groups in total. The van der Waals surface area contributed by atoms with Gasteiger partial charge in [-0.15, -0.1) is 6.58 Å². The third kappa shape index (κ3) is 2.06. The van der Waals surface area contributed by atoms with Crippen molar-refractivity contribution in [3.8, 4) is 0 Å². The molecule has 4 nitrogen and oxygen atoms in total. The highest BCUT2D eigenvalue weighted by Crippen LogP contribution is 2.12. The van der Waals surface area contributed by atoms with E-state index in [9.17, 15) is 4.79 Å². The number of rotatable bonds is 4. The van der Waals surface area contributed by atoms with Crippen LogP contribution in [-0.2, 0) is 9.53 Å². The van der Waals surface area contributed by atoms with Gasteiger partial charge in [-0.3, -0.25) is 5.84 Å². The van der Waals surface area contributed by atoms with Gasteiger partial charge in [0.1, 0.15) is 5.54 Å². The fraction of sp³-hybridized carbons (Fsp3) is 0.625. The van der Waals surface area contributed by atoms with E-state index in [0.29, 0.717) is 6.61 Å². The van der Waals surface area contributed by atoms with E-state index in [2.05, 4.69) is 6.58 Å². The van der Waals surface area contributed by atoms with E-state index in [1.54, 1.807) is 20.9 Å². The minimum absolute atomic E-state index is 0.343. The Morgan fingerprint density at radius 2 is 2.33 bits per heavy atom. The highest BCUT2D eigenvalue weighted by molar-refractivity contribution is 5.82. The number of esters is 1. The van der Waals surface area contributed by atoms with Gasteiger partial charge < -0.3 is 4.74 Å². The van der Waals surface area contributed by atoms with Gasteiger partial charge in [0.2, 0.25) is 0 Å². The lowest BCUT2D eigenvalue weighted by Gasteiger charge is -2.29. The van der Waals surface area contributed by atoms with E-state index in [1.807, 2.05) is 0 Å². The highest BCUT2D eigenvalue weighted by Gasteiger charge is 2.34. The average molecular weight is 172 g/mol. The molecular formula is C8H16N2O2. The molecule has 0 aromatic carbocycles. The fourth-order valence-electron chi connectivity index (χ4n) is 0.649. The van der Waals surface area contributed by atoms with Gasteiger partial charge in [0.05, 0.1) is 6.61 Å². The summed E-state index contributed by atoms with van der Waals surface area (Å²) in [6.07, 6.45) is 1.46. The van der Waals surface area contributed by atoms with Crippen molar-refractivity contribution in [1.82, 2.24) is 5.01 Å². The lowest BCUT2D eigenvalue weighted by molar-refractivity contribution is -0.153. The van der Waals surface area contributed by atoms with Crippen molar-refractivity contribution in [3.05, 3.63) is 12.7 Å². The van der Waals surface area contributed by atoms with Crippen LogP contribution in [0.5, 0.6) is 0 Å². The third-order valence-electron chi connectivity index (χ3n) is 1.82. The van der Waals surface area contributed by atoms with Gasteiger partial charge in [-0.2, -0.15) is 0 Å². The zero-order valence-corrected chi connectivity index (χ0v) is 7.83. The molecule has 0 radical (unpaired) electrons. The van der Waals surface area contributed by atoms with E-state index >= 15 is 0 Å². The number of hydrogen-bond acceptors (Lipinski definition) is 4. The summed E-state index contributed by atoms with van der Waals surface area (Å²) in [4.78, 5) is 11.3. The Kier molecular flexibility index (Phi) is 3.92. The predicted molar refractivity (Wildman–Crippen MR) is 47.2 cm³/mol. The molecule has 4 heteroatoms. The second-order valence-corrected chi connectivity index (χ2v) is 2.68. The summed E-state index contributed by atoms with van der Waals surface area (Å²) in [5.74, 6) is 5.09. The summed E-state index contributed by atoms with van der Waals surface area (Å²) in [6.45, 7) is 7.28. The van der Waals surface area contributed by atoms with Crippen LogP contribution in [0.1, 0.15) is 13.8 Å². The van der Waals surface area contributed by atoms with Crippen LogP contribution in [-0.4, -0.2) is 30.2 Å². The highest BCUT2D eigenvalue weighted by atomic mass is 16.5. The lowest BCUT2D eigenvalue weighted by atomic mass is 10.0. The first-order chi connectivity index (χ1) is 5.49. The zero-order valence-electron chi connectivity index (χ0n) is 7.83. The monoisotopic (exact) mass is 172 g/mol. The van der Waals surface area contributed by atoms with Crippen LogP contribution in [0.3, 0.4) is 0 Å². The second kappa shape index (κ2) is 4.23. The molecule has 0 aromatic heterocycles. The quantitative estimate of drug-likeness (QED) is 0.287. The minimum atomic E-state index is -0.935. The Labute approximate surface area is 72.9 Å². The van der Waals surface area contributed by atoms with Crippen molar-refractivity contribution >= 4 is 5.97 Å². The van der Waals surface area contributed by atoms with Gasteiger partial charge in [-0.25, -0.2) is 9.80 Å². The van der Waals surface area contributed by atoms with Gasteiger partial charge >= 0.3 is 5.97 Å². The molecule has 0 aliphatic rings. The van der Waals surface area contributed by atoms with Crippen molar-refractivity contribution < 1.29 is 9.53 Å². The molecule has 0 aromatic rings. The predicted octanol–water partition coefficient (Wildman–Crippen LogP) is 0.300. The van der Waals surface area contributed by atoms with Crippen LogP contribution < -0.4 is 5.84 Å². The number of ether oxygens (including phenoxy) is 1. The van der Waals surface area contributed by atoms with Crippen molar-refractivity contribution in [2.24, 2.45) is 5.84 Å². The van der Waals surface area contributed by atoms with Crippen LogP contribution in [0, 0.1) is 0 Å². The molecule has 0 saturated carbocycles. The molecule has 0 aliphatic heterocycles. The topological polar surface area (TPSA) is 55.6 Å². The van der Waals surface area contributed by atoms with Gasteiger partial charge in [0.15, 0.2) is 0 Å². The summed E-state index contributed by atoms with van der Waals surface area (Å²) < 4.78 is 4.83. The molecule has 70 valence electrons. The molecule has 0 aliphatic carbocycles. The van der Waals surface area contributed by atoms with E-state index in [4.69, 9.17) is 10.6 Å². The normalized spacial score (nSPS) is 15.4. The van der Waals surface area contributed by atoms with Gasteiger partial charge in [0.25, 0.3) is 0 Å². The van der Waals surface area contributed by atoms with Crippen molar-refractivity contribution in [2.75, 3.05) is 13.7 Å². The molecule has 1 unspecified atom stereocenters. The Morgan fingerprint density at radius 3 is 2.58 bits per heavy atom. The van der Waals surface area contributed by atoms with Crippen molar-refractivity contribution in [3.63, 3.8) is 0 Å².